The van der Waals surface area contributed by atoms with Gasteiger partial charge in [-0.25, -0.2) is 8.78 Å². The zero-order valence-corrected chi connectivity index (χ0v) is 15.8. The van der Waals surface area contributed by atoms with Crippen LogP contribution in [-0.2, 0) is 4.79 Å². The standard InChI is InChI=1S/C19H22F2N2O2S/c1-23(2)18(13-4-6-14(25-3)7-5-13)11-22-19(24)12-26-15-8-9-16(20)17(21)10-15/h4-10,18H,11-12H2,1-3H3,(H,22,24). The first-order valence-electron chi connectivity index (χ1n) is 8.05. The van der Waals surface area contributed by atoms with Gasteiger partial charge in [-0.3, -0.25) is 4.79 Å². The topological polar surface area (TPSA) is 41.6 Å². The number of hydrogen-bond donors (Lipinski definition) is 1. The summed E-state index contributed by atoms with van der Waals surface area (Å²) in [5, 5.41) is 2.89. The number of hydrogen-bond acceptors (Lipinski definition) is 4. The van der Waals surface area contributed by atoms with Crippen LogP contribution in [0, 0.1) is 11.6 Å². The molecule has 2 rings (SSSR count). The highest BCUT2D eigenvalue weighted by molar-refractivity contribution is 8.00. The van der Waals surface area contributed by atoms with Crippen LogP contribution >= 0.6 is 11.8 Å². The lowest BCUT2D eigenvalue weighted by atomic mass is 10.1. The maximum Gasteiger partial charge on any atom is 0.230 e. The average molecular weight is 380 g/mol. The van der Waals surface area contributed by atoms with Crippen molar-refractivity contribution in [1.82, 2.24) is 10.2 Å². The summed E-state index contributed by atoms with van der Waals surface area (Å²) in [5.41, 5.74) is 1.06. The third kappa shape index (κ3) is 5.71. The van der Waals surface area contributed by atoms with Gasteiger partial charge in [0.2, 0.25) is 5.91 Å². The molecule has 0 radical (unpaired) electrons. The number of benzene rings is 2. The third-order valence-corrected chi connectivity index (χ3v) is 4.87. The quantitative estimate of drug-likeness (QED) is 0.712. The zero-order chi connectivity index (χ0) is 19.1. The summed E-state index contributed by atoms with van der Waals surface area (Å²) >= 11 is 1.16. The summed E-state index contributed by atoms with van der Waals surface area (Å²) in [6, 6.07) is 11.3. The van der Waals surface area contributed by atoms with Crippen LogP contribution < -0.4 is 10.1 Å². The summed E-state index contributed by atoms with van der Waals surface area (Å²) in [4.78, 5) is 14.6. The van der Waals surface area contributed by atoms with Crippen molar-refractivity contribution in [2.75, 3.05) is 33.5 Å². The zero-order valence-electron chi connectivity index (χ0n) is 15.0. The monoisotopic (exact) mass is 380 g/mol. The van der Waals surface area contributed by atoms with Gasteiger partial charge < -0.3 is 15.0 Å². The first-order valence-corrected chi connectivity index (χ1v) is 9.04. The molecular formula is C19H22F2N2O2S. The van der Waals surface area contributed by atoms with E-state index in [1.54, 1.807) is 7.11 Å². The molecule has 140 valence electrons. The van der Waals surface area contributed by atoms with Crippen LogP contribution in [0.5, 0.6) is 5.75 Å². The number of rotatable bonds is 8. The molecule has 0 aliphatic rings. The van der Waals surface area contributed by atoms with Gasteiger partial charge in [0.05, 0.1) is 18.9 Å². The van der Waals surface area contributed by atoms with E-state index in [0.29, 0.717) is 11.4 Å². The second kappa shape index (κ2) is 9.54. The number of amides is 1. The molecule has 0 spiro atoms. The molecule has 2 aromatic rings. The summed E-state index contributed by atoms with van der Waals surface area (Å²) in [6.07, 6.45) is 0. The first kappa shape index (κ1) is 20.2. The van der Waals surface area contributed by atoms with Crippen LogP contribution in [0.25, 0.3) is 0 Å². The second-order valence-corrected chi connectivity index (χ2v) is 6.97. The number of ether oxygens (including phenoxy) is 1. The summed E-state index contributed by atoms with van der Waals surface area (Å²) in [7, 11) is 5.50. The SMILES string of the molecule is COc1ccc(C(CNC(=O)CSc2ccc(F)c(F)c2)N(C)C)cc1. The lowest BCUT2D eigenvalue weighted by Gasteiger charge is -2.25. The van der Waals surface area contributed by atoms with Crippen LogP contribution in [-0.4, -0.2) is 44.3 Å². The van der Waals surface area contributed by atoms with Gasteiger partial charge >= 0.3 is 0 Å². The van der Waals surface area contributed by atoms with Gasteiger partial charge in [-0.05, 0) is 50.0 Å². The Hall–Kier alpha value is -2.12. The molecule has 4 nitrogen and oxygen atoms in total. The largest absolute Gasteiger partial charge is 0.497 e. The summed E-state index contributed by atoms with van der Waals surface area (Å²) in [6.45, 7) is 0.441. The Morgan fingerprint density at radius 3 is 2.42 bits per heavy atom. The molecular weight excluding hydrogens is 358 g/mol. The van der Waals surface area contributed by atoms with Gasteiger partial charge in [0.25, 0.3) is 0 Å². The van der Waals surface area contributed by atoms with Gasteiger partial charge in [0.15, 0.2) is 11.6 Å². The second-order valence-electron chi connectivity index (χ2n) is 5.92. The Labute approximate surface area is 156 Å². The smallest absolute Gasteiger partial charge is 0.230 e. The van der Waals surface area contributed by atoms with E-state index in [0.717, 1.165) is 35.2 Å². The Bertz CT molecular complexity index is 739. The number of halogens is 2. The van der Waals surface area contributed by atoms with Crippen molar-refractivity contribution < 1.29 is 18.3 Å². The predicted octanol–water partition coefficient (Wildman–Crippen LogP) is 3.48. The van der Waals surface area contributed by atoms with E-state index < -0.39 is 11.6 Å². The fourth-order valence-corrected chi connectivity index (χ4v) is 3.15. The molecule has 1 amide bonds. The minimum atomic E-state index is -0.914. The van der Waals surface area contributed by atoms with Gasteiger partial charge in [0, 0.05) is 11.4 Å². The van der Waals surface area contributed by atoms with E-state index in [1.807, 2.05) is 43.3 Å². The maximum absolute atomic E-state index is 13.2. The normalized spacial score (nSPS) is 12.1. The molecule has 0 saturated carbocycles. The molecule has 1 N–H and O–H groups in total. The molecule has 26 heavy (non-hydrogen) atoms. The molecule has 7 heteroatoms. The van der Waals surface area contributed by atoms with E-state index in [9.17, 15) is 13.6 Å². The van der Waals surface area contributed by atoms with Crippen molar-refractivity contribution in [2.45, 2.75) is 10.9 Å². The van der Waals surface area contributed by atoms with Crippen LogP contribution in [0.15, 0.2) is 47.4 Å². The molecule has 0 fully saturated rings. The number of nitrogens with one attached hydrogen (secondary N) is 1. The Kier molecular flexibility index (Phi) is 7.41. The van der Waals surface area contributed by atoms with Gasteiger partial charge in [-0.2, -0.15) is 0 Å². The Morgan fingerprint density at radius 1 is 1.15 bits per heavy atom. The highest BCUT2D eigenvalue weighted by atomic mass is 32.2. The van der Waals surface area contributed by atoms with Crippen molar-refractivity contribution in [3.63, 3.8) is 0 Å². The fourth-order valence-electron chi connectivity index (χ4n) is 2.40. The van der Waals surface area contributed by atoms with Crippen molar-refractivity contribution in [3.05, 3.63) is 59.7 Å². The Balaban J connectivity index is 1.89. The van der Waals surface area contributed by atoms with Crippen molar-refractivity contribution in [3.8, 4) is 5.75 Å². The van der Waals surface area contributed by atoms with Gasteiger partial charge in [0.1, 0.15) is 5.75 Å². The third-order valence-electron chi connectivity index (χ3n) is 3.88. The first-order chi connectivity index (χ1) is 12.4. The molecule has 0 aromatic heterocycles. The van der Waals surface area contributed by atoms with E-state index >= 15 is 0 Å². The molecule has 0 bridgehead atoms. The van der Waals surface area contributed by atoms with Crippen LogP contribution in [0.4, 0.5) is 8.78 Å². The number of carbonyl (C=O) groups is 1. The molecule has 1 unspecified atom stereocenters. The van der Waals surface area contributed by atoms with Crippen molar-refractivity contribution in [2.24, 2.45) is 0 Å². The molecule has 0 saturated heterocycles. The van der Waals surface area contributed by atoms with E-state index in [2.05, 4.69) is 5.32 Å². The number of methoxy groups -OCH3 is 1. The van der Waals surface area contributed by atoms with Gasteiger partial charge in [-0.15, -0.1) is 11.8 Å². The number of likely N-dealkylation sites (N-methyl/N-ethyl adjacent to an activating group) is 1. The molecule has 0 aliphatic carbocycles. The fraction of sp³-hybridized carbons (Fsp3) is 0.316. The number of nitrogens with zero attached hydrogens (tertiary/aromatic N) is 1. The van der Waals surface area contributed by atoms with Crippen LogP contribution in [0.2, 0.25) is 0 Å². The summed E-state index contributed by atoms with van der Waals surface area (Å²) < 4.78 is 31.3. The average Bonchev–Trinajstić information content (AvgIpc) is 2.63. The van der Waals surface area contributed by atoms with Crippen molar-refractivity contribution >= 4 is 17.7 Å². The van der Waals surface area contributed by atoms with Gasteiger partial charge in [-0.1, -0.05) is 12.1 Å². The van der Waals surface area contributed by atoms with Crippen molar-refractivity contribution in [1.29, 1.82) is 0 Å². The Morgan fingerprint density at radius 2 is 1.85 bits per heavy atom. The predicted molar refractivity (Wildman–Crippen MR) is 99.5 cm³/mol. The minimum Gasteiger partial charge on any atom is -0.497 e. The number of thioether (sulfide) groups is 1. The van der Waals surface area contributed by atoms with E-state index in [4.69, 9.17) is 4.74 Å². The van der Waals surface area contributed by atoms with Crippen LogP contribution in [0.1, 0.15) is 11.6 Å². The maximum atomic E-state index is 13.2. The minimum absolute atomic E-state index is 0.0121. The lowest BCUT2D eigenvalue weighted by Crippen LogP contribution is -2.35. The number of carbonyl (C=O) groups excluding carboxylic acids is 1. The lowest BCUT2D eigenvalue weighted by molar-refractivity contribution is -0.118. The van der Waals surface area contributed by atoms with Crippen LogP contribution in [0.3, 0.4) is 0 Å². The molecule has 0 aliphatic heterocycles. The molecule has 0 heterocycles. The van der Waals surface area contributed by atoms with E-state index in [1.165, 1.54) is 6.07 Å². The van der Waals surface area contributed by atoms with E-state index in [-0.39, 0.29) is 17.7 Å². The highest BCUT2D eigenvalue weighted by Crippen LogP contribution is 2.22. The highest BCUT2D eigenvalue weighted by Gasteiger charge is 2.15. The molecule has 2 aromatic carbocycles. The summed E-state index contributed by atoms with van der Waals surface area (Å²) in [5.74, 6) is -1.07. The molecule has 1 atom stereocenters.